The van der Waals surface area contributed by atoms with Crippen LogP contribution in [0.25, 0.3) is 0 Å². The first kappa shape index (κ1) is 26.7. The van der Waals surface area contributed by atoms with Gasteiger partial charge in [0.25, 0.3) is 0 Å². The van der Waals surface area contributed by atoms with Crippen molar-refractivity contribution in [3.8, 4) is 0 Å². The summed E-state index contributed by atoms with van der Waals surface area (Å²) in [4.78, 5) is 46.7. The Hall–Kier alpha value is -4.50. The molecular formula is C19H12F6N2O8. The summed E-state index contributed by atoms with van der Waals surface area (Å²) in [6.07, 6.45) is -13.2. The minimum atomic E-state index is -6.61. The lowest BCUT2D eigenvalue weighted by Gasteiger charge is -2.40. The van der Waals surface area contributed by atoms with Gasteiger partial charge < -0.3 is 31.9 Å². The third-order valence-corrected chi connectivity index (χ3v) is 4.99. The highest BCUT2D eigenvalue weighted by atomic mass is 19.4. The molecular weight excluding hydrogens is 498 g/mol. The highest BCUT2D eigenvalue weighted by Gasteiger charge is 2.74. The number of carbonyl (C=O) groups is 4. The zero-order valence-corrected chi connectivity index (χ0v) is 16.7. The lowest BCUT2D eigenvalue weighted by molar-refractivity contribution is -0.288. The number of aromatic carboxylic acids is 4. The van der Waals surface area contributed by atoms with Gasteiger partial charge in [-0.05, 0) is 23.3 Å². The SMILES string of the molecule is Nc1ccc(C(c2ccc(N)c(C(=O)O)c2C(=O)O)(C(F)(F)F)C(F)(F)F)c(C(=O)O)c1C(=O)O. The van der Waals surface area contributed by atoms with E-state index in [4.69, 9.17) is 11.5 Å². The van der Waals surface area contributed by atoms with Crippen molar-refractivity contribution < 1.29 is 65.9 Å². The second kappa shape index (κ2) is 8.37. The Morgan fingerprint density at radius 3 is 1.00 bits per heavy atom. The van der Waals surface area contributed by atoms with Gasteiger partial charge in [0.05, 0.1) is 22.3 Å². The molecule has 0 saturated carbocycles. The molecule has 2 aromatic carbocycles. The number of carboxylic acid groups (broad SMARTS) is 4. The van der Waals surface area contributed by atoms with Gasteiger partial charge in [-0.2, -0.15) is 26.3 Å². The summed E-state index contributed by atoms with van der Waals surface area (Å²) in [7, 11) is 0. The molecule has 0 unspecified atom stereocenters. The monoisotopic (exact) mass is 510 g/mol. The molecule has 0 heterocycles. The fourth-order valence-electron chi connectivity index (χ4n) is 3.68. The maximum Gasteiger partial charge on any atom is 0.411 e. The number of carboxylic acids is 4. The summed E-state index contributed by atoms with van der Waals surface area (Å²) in [6.45, 7) is 0. The molecule has 2 aromatic rings. The van der Waals surface area contributed by atoms with E-state index in [1.54, 1.807) is 0 Å². The molecule has 0 bridgehead atoms. The predicted octanol–water partition coefficient (Wildman–Crippen LogP) is 3.05. The van der Waals surface area contributed by atoms with Crippen LogP contribution in [0.2, 0.25) is 0 Å². The van der Waals surface area contributed by atoms with Crippen molar-refractivity contribution in [1.29, 1.82) is 0 Å². The topological polar surface area (TPSA) is 201 Å². The van der Waals surface area contributed by atoms with E-state index >= 15 is 0 Å². The van der Waals surface area contributed by atoms with E-state index in [0.717, 1.165) is 0 Å². The first-order valence-electron chi connectivity index (χ1n) is 8.74. The minimum absolute atomic E-state index is 0.0748. The van der Waals surface area contributed by atoms with Gasteiger partial charge in [-0.25, -0.2) is 19.2 Å². The van der Waals surface area contributed by atoms with Crippen LogP contribution in [0.3, 0.4) is 0 Å². The zero-order chi connectivity index (χ0) is 27.3. The van der Waals surface area contributed by atoms with Crippen LogP contribution in [0.15, 0.2) is 24.3 Å². The molecule has 0 aliphatic heterocycles. The van der Waals surface area contributed by atoms with Crippen LogP contribution in [0.5, 0.6) is 0 Å². The van der Waals surface area contributed by atoms with E-state index in [-0.39, 0.29) is 24.3 Å². The lowest BCUT2D eigenvalue weighted by atomic mass is 9.68. The highest BCUT2D eigenvalue weighted by Crippen LogP contribution is 2.58. The Kier molecular flexibility index (Phi) is 6.40. The third-order valence-electron chi connectivity index (χ3n) is 4.99. The summed E-state index contributed by atoms with van der Waals surface area (Å²) < 4.78 is 87.2. The van der Waals surface area contributed by atoms with Gasteiger partial charge in [0.15, 0.2) is 0 Å². The average Bonchev–Trinajstić information content (AvgIpc) is 2.66. The summed E-state index contributed by atoms with van der Waals surface area (Å²) in [6, 6.07) is 0.365. The molecule has 0 aliphatic rings. The standard InChI is InChI=1S/C19H12F6N2O8/c20-18(21,22)17(19(23,24)25,5-1-3-7(26)11(15(32)33)9(5)13(28)29)6-2-4-8(27)12(16(34)35)10(6)14(30)31/h1-4H,26-27H2,(H,28,29)(H,30,31)(H,32,33)(H,34,35). The summed E-state index contributed by atoms with van der Waals surface area (Å²) in [5.41, 5.74) is -8.89. The molecule has 188 valence electrons. The van der Waals surface area contributed by atoms with E-state index < -0.39 is 86.4 Å². The third kappa shape index (κ3) is 3.91. The quantitative estimate of drug-likeness (QED) is 0.248. The number of anilines is 2. The van der Waals surface area contributed by atoms with Crippen molar-refractivity contribution >= 4 is 35.3 Å². The number of alkyl halides is 6. The second-order valence-corrected chi connectivity index (χ2v) is 6.87. The van der Waals surface area contributed by atoms with Gasteiger partial charge in [-0.1, -0.05) is 12.1 Å². The molecule has 0 atom stereocenters. The van der Waals surface area contributed by atoms with Crippen LogP contribution in [0.4, 0.5) is 37.7 Å². The Labute approximate surface area is 189 Å². The van der Waals surface area contributed by atoms with Crippen molar-refractivity contribution in [2.24, 2.45) is 0 Å². The Morgan fingerprint density at radius 2 is 0.800 bits per heavy atom. The largest absolute Gasteiger partial charge is 0.478 e. The molecule has 0 spiro atoms. The summed E-state index contributed by atoms with van der Waals surface area (Å²) in [5.74, 6) is -9.76. The maximum absolute atomic E-state index is 14.5. The van der Waals surface area contributed by atoms with Gasteiger partial charge >= 0.3 is 36.2 Å². The molecule has 0 fully saturated rings. The molecule has 0 amide bonds. The number of hydrogen-bond acceptors (Lipinski definition) is 6. The molecule has 35 heavy (non-hydrogen) atoms. The van der Waals surface area contributed by atoms with Gasteiger partial charge in [-0.15, -0.1) is 0 Å². The summed E-state index contributed by atoms with van der Waals surface area (Å²) in [5, 5.41) is 37.4. The molecule has 0 aromatic heterocycles. The smallest absolute Gasteiger partial charge is 0.411 e. The van der Waals surface area contributed by atoms with E-state index in [0.29, 0.717) is 0 Å². The molecule has 16 heteroatoms. The first-order valence-corrected chi connectivity index (χ1v) is 8.74. The fraction of sp³-hybridized carbons (Fsp3) is 0.158. The van der Waals surface area contributed by atoms with Gasteiger partial charge in [0.1, 0.15) is 0 Å². The number of rotatable bonds is 6. The van der Waals surface area contributed by atoms with Crippen molar-refractivity contribution in [2.45, 2.75) is 17.8 Å². The maximum atomic E-state index is 14.5. The van der Waals surface area contributed by atoms with Crippen molar-refractivity contribution in [3.63, 3.8) is 0 Å². The summed E-state index contributed by atoms with van der Waals surface area (Å²) >= 11 is 0. The van der Waals surface area contributed by atoms with E-state index in [1.165, 1.54) is 0 Å². The van der Waals surface area contributed by atoms with E-state index in [2.05, 4.69) is 0 Å². The van der Waals surface area contributed by atoms with Crippen LogP contribution >= 0.6 is 0 Å². The Bertz CT molecular complexity index is 1170. The van der Waals surface area contributed by atoms with Crippen molar-refractivity contribution in [2.75, 3.05) is 11.5 Å². The van der Waals surface area contributed by atoms with Gasteiger partial charge in [0.2, 0.25) is 5.41 Å². The average molecular weight is 510 g/mol. The minimum Gasteiger partial charge on any atom is -0.478 e. The van der Waals surface area contributed by atoms with Crippen molar-refractivity contribution in [3.05, 3.63) is 57.6 Å². The molecule has 8 N–H and O–H groups in total. The molecule has 0 radical (unpaired) electrons. The van der Waals surface area contributed by atoms with Crippen LogP contribution in [-0.2, 0) is 5.41 Å². The van der Waals surface area contributed by atoms with Crippen LogP contribution in [0, 0.1) is 0 Å². The molecule has 0 saturated heterocycles. The Balaban J connectivity index is 3.44. The number of hydrogen-bond donors (Lipinski definition) is 6. The van der Waals surface area contributed by atoms with Crippen LogP contribution in [-0.4, -0.2) is 56.7 Å². The fourth-order valence-corrected chi connectivity index (χ4v) is 3.68. The zero-order valence-electron chi connectivity index (χ0n) is 16.7. The van der Waals surface area contributed by atoms with Crippen LogP contribution < -0.4 is 11.5 Å². The lowest BCUT2D eigenvalue weighted by Crippen LogP contribution is -2.56. The predicted molar refractivity (Wildman–Crippen MR) is 102 cm³/mol. The van der Waals surface area contributed by atoms with E-state index in [9.17, 15) is 65.9 Å². The van der Waals surface area contributed by atoms with Crippen LogP contribution in [0.1, 0.15) is 52.6 Å². The molecule has 10 nitrogen and oxygen atoms in total. The number of nitrogens with two attached hydrogens (primary N) is 2. The highest BCUT2D eigenvalue weighted by molar-refractivity contribution is 6.08. The first-order chi connectivity index (χ1) is 15.8. The number of halogens is 6. The Morgan fingerprint density at radius 1 is 0.543 bits per heavy atom. The molecule has 2 rings (SSSR count). The number of nitrogen functional groups attached to an aromatic ring is 2. The molecule has 0 aliphatic carbocycles. The van der Waals surface area contributed by atoms with Gasteiger partial charge in [0, 0.05) is 11.4 Å². The van der Waals surface area contributed by atoms with Gasteiger partial charge in [-0.3, -0.25) is 0 Å². The number of benzene rings is 2. The van der Waals surface area contributed by atoms with E-state index in [1.807, 2.05) is 0 Å². The normalized spacial score (nSPS) is 12.3. The van der Waals surface area contributed by atoms with Crippen molar-refractivity contribution in [1.82, 2.24) is 0 Å². The second-order valence-electron chi connectivity index (χ2n) is 6.87.